The molecule has 1 atom stereocenters. The third-order valence-electron chi connectivity index (χ3n) is 4.53. The summed E-state index contributed by atoms with van der Waals surface area (Å²) in [6.07, 6.45) is -15.1. The normalized spacial score (nSPS) is 16.9. The molecule has 0 amide bonds. The van der Waals surface area contributed by atoms with Crippen LogP contribution in [0.4, 0.5) is 26.3 Å². The average Bonchev–Trinajstić information content (AvgIpc) is 2.30. The van der Waals surface area contributed by atoms with Crippen molar-refractivity contribution in [2.75, 3.05) is 0 Å². The van der Waals surface area contributed by atoms with Gasteiger partial charge in [0, 0.05) is 0 Å². The molecule has 24 heavy (non-hydrogen) atoms. The quantitative estimate of drug-likeness (QED) is 0.448. The highest BCUT2D eigenvalue weighted by molar-refractivity contribution is 5.77. The van der Waals surface area contributed by atoms with E-state index < -0.39 is 40.7 Å². The van der Waals surface area contributed by atoms with Gasteiger partial charge in [0.2, 0.25) is 0 Å². The van der Waals surface area contributed by atoms with Crippen molar-refractivity contribution in [3.63, 3.8) is 0 Å². The van der Waals surface area contributed by atoms with Crippen molar-refractivity contribution >= 4 is 5.97 Å². The predicted octanol–water partition coefficient (Wildman–Crippen LogP) is 5.90. The number of ether oxygens (including phenoxy) is 1. The minimum atomic E-state index is -5.72. The van der Waals surface area contributed by atoms with Gasteiger partial charge in [-0.3, -0.25) is 4.79 Å². The maximum absolute atomic E-state index is 12.7. The molecule has 0 heterocycles. The van der Waals surface area contributed by atoms with E-state index in [1.165, 1.54) is 6.92 Å². The van der Waals surface area contributed by atoms with Crippen LogP contribution in [-0.2, 0) is 9.53 Å². The van der Waals surface area contributed by atoms with Crippen LogP contribution < -0.4 is 0 Å². The van der Waals surface area contributed by atoms with E-state index in [-0.39, 0.29) is 6.42 Å². The van der Waals surface area contributed by atoms with Gasteiger partial charge in [-0.15, -0.1) is 0 Å². The molecule has 0 saturated carbocycles. The molecule has 0 bridgehead atoms. The van der Waals surface area contributed by atoms with E-state index in [1.807, 2.05) is 0 Å². The van der Waals surface area contributed by atoms with Gasteiger partial charge in [-0.1, -0.05) is 41.5 Å². The molecule has 0 rings (SSSR count). The second-order valence-electron chi connectivity index (χ2n) is 8.18. The molecular weight excluding hydrogens is 338 g/mol. The van der Waals surface area contributed by atoms with Crippen LogP contribution in [0.25, 0.3) is 0 Å². The lowest BCUT2D eigenvalue weighted by molar-refractivity contribution is -0.317. The SMILES string of the molecule is CCC(C)(C)C(C)(CC(C)(C)C)C(=O)OC(C(F)(F)F)C(F)(F)F. The molecule has 0 N–H and O–H groups in total. The predicted molar refractivity (Wildman–Crippen MR) is 78.2 cm³/mol. The zero-order valence-corrected chi connectivity index (χ0v) is 15.1. The monoisotopic (exact) mass is 364 g/mol. The first kappa shape index (κ1) is 23.1. The summed E-state index contributed by atoms with van der Waals surface area (Å²) in [6, 6.07) is 0. The number of hydrogen-bond acceptors (Lipinski definition) is 2. The van der Waals surface area contributed by atoms with E-state index >= 15 is 0 Å². The summed E-state index contributed by atoms with van der Waals surface area (Å²) in [5, 5.41) is 0. The zero-order valence-electron chi connectivity index (χ0n) is 15.1. The third kappa shape index (κ3) is 5.55. The van der Waals surface area contributed by atoms with E-state index in [1.54, 1.807) is 41.5 Å². The van der Waals surface area contributed by atoms with Crippen LogP contribution >= 0.6 is 0 Å². The fraction of sp³-hybridized carbons (Fsp3) is 0.938. The summed E-state index contributed by atoms with van der Waals surface area (Å²) in [4.78, 5) is 12.4. The molecule has 0 aliphatic rings. The average molecular weight is 364 g/mol. The van der Waals surface area contributed by atoms with Crippen LogP contribution in [0.2, 0.25) is 0 Å². The fourth-order valence-corrected chi connectivity index (χ4v) is 2.59. The van der Waals surface area contributed by atoms with Crippen molar-refractivity contribution < 1.29 is 35.9 Å². The Hall–Kier alpha value is -0.950. The molecule has 2 nitrogen and oxygen atoms in total. The molecule has 0 aromatic carbocycles. The lowest BCUT2D eigenvalue weighted by Crippen LogP contribution is -2.52. The highest BCUT2D eigenvalue weighted by atomic mass is 19.4. The van der Waals surface area contributed by atoms with E-state index in [4.69, 9.17) is 0 Å². The highest BCUT2D eigenvalue weighted by Gasteiger charge is 2.62. The van der Waals surface area contributed by atoms with Crippen molar-refractivity contribution in [2.24, 2.45) is 16.2 Å². The zero-order chi connectivity index (χ0) is 19.8. The van der Waals surface area contributed by atoms with Crippen molar-refractivity contribution in [3.8, 4) is 0 Å². The van der Waals surface area contributed by atoms with Gasteiger partial charge in [0.15, 0.2) is 0 Å². The van der Waals surface area contributed by atoms with Crippen molar-refractivity contribution in [3.05, 3.63) is 0 Å². The molecule has 0 aromatic heterocycles. The molecule has 0 radical (unpaired) electrons. The smallest absolute Gasteiger partial charge is 0.434 e. The number of hydrogen-bond donors (Lipinski definition) is 0. The molecule has 0 aromatic rings. The number of rotatable bonds is 5. The van der Waals surface area contributed by atoms with E-state index in [0.29, 0.717) is 6.42 Å². The van der Waals surface area contributed by atoms with Gasteiger partial charge in [-0.05, 0) is 30.6 Å². The summed E-state index contributed by atoms with van der Waals surface area (Å²) in [7, 11) is 0. The van der Waals surface area contributed by atoms with E-state index in [0.717, 1.165) is 0 Å². The van der Waals surface area contributed by atoms with Crippen LogP contribution in [0.5, 0.6) is 0 Å². The fourth-order valence-electron chi connectivity index (χ4n) is 2.59. The number of alkyl halides is 6. The van der Waals surface area contributed by atoms with Crippen LogP contribution in [-0.4, -0.2) is 24.4 Å². The van der Waals surface area contributed by atoms with Gasteiger partial charge in [-0.2, -0.15) is 26.3 Å². The Bertz CT molecular complexity index is 431. The van der Waals surface area contributed by atoms with Gasteiger partial charge in [0.05, 0.1) is 5.41 Å². The van der Waals surface area contributed by atoms with Crippen LogP contribution in [0.1, 0.15) is 61.3 Å². The summed E-state index contributed by atoms with van der Waals surface area (Å²) in [5.41, 5.74) is -2.85. The molecule has 0 spiro atoms. The number of esters is 1. The summed E-state index contributed by atoms with van der Waals surface area (Å²) in [6.45, 7) is 11.6. The maximum Gasteiger partial charge on any atom is 0.434 e. The first-order valence-corrected chi connectivity index (χ1v) is 7.62. The van der Waals surface area contributed by atoms with Crippen molar-refractivity contribution in [2.45, 2.75) is 79.8 Å². The molecule has 0 aliphatic heterocycles. The first-order chi connectivity index (χ1) is 10.3. The molecule has 144 valence electrons. The largest absolute Gasteiger partial charge is 0.442 e. The van der Waals surface area contributed by atoms with Crippen molar-refractivity contribution in [1.82, 2.24) is 0 Å². The standard InChI is InChI=1S/C16H26F6O2/c1-8-13(5,6)14(7,9-12(2,3)4)11(23)24-10(15(17,18)19)16(20,21)22/h10H,8-9H2,1-7H3. The van der Waals surface area contributed by atoms with Crippen LogP contribution in [0.15, 0.2) is 0 Å². The second kappa shape index (κ2) is 6.75. The Morgan fingerprint density at radius 1 is 0.875 bits per heavy atom. The highest BCUT2D eigenvalue weighted by Crippen LogP contribution is 2.50. The van der Waals surface area contributed by atoms with Gasteiger partial charge >= 0.3 is 18.3 Å². The number of carbonyl (C=O) groups is 1. The van der Waals surface area contributed by atoms with E-state index in [2.05, 4.69) is 4.74 Å². The minimum absolute atomic E-state index is 0.0854. The summed E-state index contributed by atoms with van der Waals surface area (Å²) < 4.78 is 80.1. The van der Waals surface area contributed by atoms with Gasteiger partial charge in [0.1, 0.15) is 0 Å². The first-order valence-electron chi connectivity index (χ1n) is 7.62. The molecular formula is C16H26F6O2. The second-order valence-corrected chi connectivity index (χ2v) is 8.18. The molecule has 0 saturated heterocycles. The Morgan fingerprint density at radius 3 is 1.50 bits per heavy atom. The van der Waals surface area contributed by atoms with Gasteiger partial charge in [0.25, 0.3) is 6.10 Å². The van der Waals surface area contributed by atoms with Crippen LogP contribution in [0.3, 0.4) is 0 Å². The molecule has 0 aliphatic carbocycles. The summed E-state index contributed by atoms with van der Waals surface area (Å²) in [5.74, 6) is -1.48. The number of halogens is 6. The Kier molecular flexibility index (Phi) is 6.48. The minimum Gasteiger partial charge on any atom is -0.442 e. The lowest BCUT2D eigenvalue weighted by Gasteiger charge is -2.45. The van der Waals surface area contributed by atoms with Gasteiger partial charge in [-0.25, -0.2) is 0 Å². The number of carbonyl (C=O) groups excluding carboxylic acids is 1. The topological polar surface area (TPSA) is 26.3 Å². The van der Waals surface area contributed by atoms with Crippen molar-refractivity contribution in [1.29, 1.82) is 0 Å². The summed E-state index contributed by atoms with van der Waals surface area (Å²) >= 11 is 0. The Balaban J connectivity index is 5.87. The van der Waals surface area contributed by atoms with Crippen LogP contribution in [0, 0.1) is 16.2 Å². The van der Waals surface area contributed by atoms with Gasteiger partial charge < -0.3 is 4.74 Å². The Morgan fingerprint density at radius 2 is 1.25 bits per heavy atom. The Labute approximate surface area is 138 Å². The maximum atomic E-state index is 12.7. The molecule has 0 fully saturated rings. The van der Waals surface area contributed by atoms with E-state index in [9.17, 15) is 31.1 Å². The molecule has 1 unspecified atom stereocenters. The lowest BCUT2D eigenvalue weighted by atomic mass is 9.59. The third-order valence-corrected chi connectivity index (χ3v) is 4.53. The molecule has 8 heteroatoms.